The second-order valence-corrected chi connectivity index (χ2v) is 6.67. The smallest absolute Gasteiger partial charge is 0.241 e. The molecule has 1 atom stereocenters. The predicted octanol–water partition coefficient (Wildman–Crippen LogP) is 3.94. The quantitative estimate of drug-likeness (QED) is 0.751. The maximum absolute atomic E-state index is 13.1. The molecule has 2 rings (SSSR count). The number of anilines is 2. The van der Waals surface area contributed by atoms with E-state index in [1.165, 1.54) is 12.1 Å². The van der Waals surface area contributed by atoms with Crippen LogP contribution in [-0.4, -0.2) is 36.3 Å². The van der Waals surface area contributed by atoms with E-state index < -0.39 is 11.9 Å². The van der Waals surface area contributed by atoms with Gasteiger partial charge in [-0.05, 0) is 50.2 Å². The van der Waals surface area contributed by atoms with Crippen molar-refractivity contribution in [1.82, 2.24) is 4.90 Å². The van der Waals surface area contributed by atoms with Gasteiger partial charge in [-0.1, -0.05) is 36.7 Å². The van der Waals surface area contributed by atoms with Crippen molar-refractivity contribution in [1.29, 1.82) is 0 Å². The molecule has 144 valence electrons. The molecule has 5 nitrogen and oxygen atoms in total. The zero-order valence-corrected chi connectivity index (χ0v) is 16.3. The summed E-state index contributed by atoms with van der Waals surface area (Å²) >= 11 is 5.93. The van der Waals surface area contributed by atoms with Gasteiger partial charge in [0.25, 0.3) is 0 Å². The fourth-order valence-corrected chi connectivity index (χ4v) is 2.75. The van der Waals surface area contributed by atoms with Gasteiger partial charge in [-0.3, -0.25) is 14.5 Å². The van der Waals surface area contributed by atoms with E-state index in [2.05, 4.69) is 10.6 Å². The van der Waals surface area contributed by atoms with Crippen LogP contribution in [0.3, 0.4) is 0 Å². The summed E-state index contributed by atoms with van der Waals surface area (Å²) < 4.78 is 13.1. The summed E-state index contributed by atoms with van der Waals surface area (Å²) in [6.45, 7) is 3.74. The molecule has 0 saturated heterocycles. The molecule has 0 saturated carbocycles. The van der Waals surface area contributed by atoms with E-state index in [-0.39, 0.29) is 23.4 Å². The van der Waals surface area contributed by atoms with Crippen LogP contribution >= 0.6 is 11.6 Å². The molecular weight excluding hydrogens is 369 g/mol. The maximum Gasteiger partial charge on any atom is 0.241 e. The van der Waals surface area contributed by atoms with Gasteiger partial charge in [0.15, 0.2) is 0 Å². The van der Waals surface area contributed by atoms with E-state index in [4.69, 9.17) is 11.6 Å². The number of rotatable bonds is 7. The third-order valence-corrected chi connectivity index (χ3v) is 4.61. The van der Waals surface area contributed by atoms with E-state index in [1.54, 1.807) is 18.9 Å². The number of benzene rings is 2. The van der Waals surface area contributed by atoms with Crippen LogP contribution in [0.1, 0.15) is 19.4 Å². The Morgan fingerprint density at radius 1 is 1.15 bits per heavy atom. The van der Waals surface area contributed by atoms with Crippen molar-refractivity contribution in [2.45, 2.75) is 26.3 Å². The lowest BCUT2D eigenvalue weighted by Crippen LogP contribution is -2.43. The fourth-order valence-electron chi connectivity index (χ4n) is 2.53. The molecule has 0 aliphatic rings. The molecule has 0 aliphatic heterocycles. The highest BCUT2D eigenvalue weighted by molar-refractivity contribution is 6.33. The van der Waals surface area contributed by atoms with Crippen molar-refractivity contribution < 1.29 is 14.0 Å². The van der Waals surface area contributed by atoms with Crippen LogP contribution in [0.5, 0.6) is 0 Å². The first-order valence-electron chi connectivity index (χ1n) is 8.65. The number of nitrogens with zero attached hydrogens (tertiary/aromatic N) is 1. The highest BCUT2D eigenvalue weighted by Gasteiger charge is 2.21. The molecule has 0 spiro atoms. The highest BCUT2D eigenvalue weighted by atomic mass is 35.5. The first-order valence-corrected chi connectivity index (χ1v) is 9.03. The summed E-state index contributed by atoms with van der Waals surface area (Å²) in [5.74, 6) is -1.03. The summed E-state index contributed by atoms with van der Waals surface area (Å²) in [5, 5.41) is 5.64. The van der Waals surface area contributed by atoms with E-state index in [0.29, 0.717) is 5.69 Å². The Hall–Kier alpha value is -2.44. The van der Waals surface area contributed by atoms with Crippen molar-refractivity contribution >= 4 is 34.8 Å². The monoisotopic (exact) mass is 391 g/mol. The van der Waals surface area contributed by atoms with Gasteiger partial charge in [-0.2, -0.15) is 0 Å². The third kappa shape index (κ3) is 5.77. The highest BCUT2D eigenvalue weighted by Crippen LogP contribution is 2.22. The van der Waals surface area contributed by atoms with Crippen molar-refractivity contribution in [3.05, 3.63) is 58.9 Å². The van der Waals surface area contributed by atoms with Crippen LogP contribution in [0.2, 0.25) is 5.02 Å². The molecule has 2 aromatic rings. The lowest BCUT2D eigenvalue weighted by Gasteiger charge is -2.23. The molecule has 27 heavy (non-hydrogen) atoms. The molecule has 2 amide bonds. The Morgan fingerprint density at radius 2 is 1.85 bits per heavy atom. The first kappa shape index (κ1) is 20.9. The Labute approximate surface area is 163 Å². The molecule has 0 aliphatic carbocycles. The Balaban J connectivity index is 1.94. The number of likely N-dealkylation sites (N-methyl/N-ethyl adjacent to an activating group) is 1. The second-order valence-electron chi connectivity index (χ2n) is 6.26. The number of carbonyl (C=O) groups is 2. The molecule has 7 heteroatoms. The maximum atomic E-state index is 13.1. The van der Waals surface area contributed by atoms with Gasteiger partial charge >= 0.3 is 0 Å². The van der Waals surface area contributed by atoms with Crippen LogP contribution in [0.15, 0.2) is 42.5 Å². The van der Waals surface area contributed by atoms with Crippen molar-refractivity contribution in [2.24, 2.45) is 0 Å². The van der Waals surface area contributed by atoms with Crippen molar-refractivity contribution in [3.63, 3.8) is 0 Å². The number of aryl methyl sites for hydroxylation is 1. The molecule has 0 fully saturated rings. The Bertz CT molecular complexity index is 829. The lowest BCUT2D eigenvalue weighted by molar-refractivity contribution is -0.122. The number of nitrogens with one attached hydrogen (secondary N) is 2. The van der Waals surface area contributed by atoms with E-state index >= 15 is 0 Å². The Kier molecular flexibility index (Phi) is 7.33. The van der Waals surface area contributed by atoms with Crippen LogP contribution < -0.4 is 10.6 Å². The van der Waals surface area contributed by atoms with Crippen molar-refractivity contribution in [3.8, 4) is 0 Å². The van der Waals surface area contributed by atoms with E-state index in [0.717, 1.165) is 23.7 Å². The fraction of sp³-hybridized carbons (Fsp3) is 0.300. The molecule has 0 heterocycles. The number of carbonyl (C=O) groups excluding carboxylic acids is 2. The topological polar surface area (TPSA) is 61.4 Å². The molecule has 0 bridgehead atoms. The Morgan fingerprint density at radius 3 is 2.52 bits per heavy atom. The minimum absolute atomic E-state index is 0.0454. The number of amides is 2. The van der Waals surface area contributed by atoms with Crippen molar-refractivity contribution in [2.75, 3.05) is 24.2 Å². The molecule has 2 aromatic carbocycles. The minimum atomic E-state index is -0.585. The van der Waals surface area contributed by atoms with Gasteiger partial charge in [-0.15, -0.1) is 0 Å². The summed E-state index contributed by atoms with van der Waals surface area (Å²) in [5.41, 5.74) is 2.14. The summed E-state index contributed by atoms with van der Waals surface area (Å²) in [7, 11) is 1.68. The summed E-state index contributed by atoms with van der Waals surface area (Å²) in [4.78, 5) is 26.3. The van der Waals surface area contributed by atoms with Gasteiger partial charge in [0.2, 0.25) is 11.8 Å². The summed E-state index contributed by atoms with van der Waals surface area (Å²) in [6.07, 6.45) is 0.809. The zero-order valence-electron chi connectivity index (χ0n) is 15.6. The van der Waals surface area contributed by atoms with Crippen LogP contribution in [0.4, 0.5) is 15.8 Å². The van der Waals surface area contributed by atoms with Gasteiger partial charge in [0.05, 0.1) is 23.3 Å². The van der Waals surface area contributed by atoms with Crippen LogP contribution in [0.25, 0.3) is 0 Å². The van der Waals surface area contributed by atoms with Crippen LogP contribution in [-0.2, 0) is 16.0 Å². The number of hydrogen-bond acceptors (Lipinski definition) is 3. The average molecular weight is 392 g/mol. The molecular formula is C20H23ClFN3O2. The SMILES string of the molecule is CCc1ccccc1NC(=O)CN(C)[C@@H](C)C(=O)Nc1ccc(F)cc1Cl. The van der Waals surface area contributed by atoms with E-state index in [1.807, 2.05) is 31.2 Å². The minimum Gasteiger partial charge on any atom is -0.325 e. The number of halogens is 2. The normalized spacial score (nSPS) is 11.9. The standard InChI is InChI=1S/C20H23ClFN3O2/c1-4-14-7-5-6-8-17(14)23-19(26)12-25(3)13(2)20(27)24-18-10-9-15(22)11-16(18)21/h5-11,13H,4,12H2,1-3H3,(H,23,26)(H,24,27)/t13-/m0/s1. The molecule has 2 N–H and O–H groups in total. The molecule has 0 radical (unpaired) electrons. The van der Waals surface area contributed by atoms with Gasteiger partial charge in [0.1, 0.15) is 5.82 Å². The van der Waals surface area contributed by atoms with Crippen LogP contribution in [0, 0.1) is 5.82 Å². The number of para-hydroxylation sites is 1. The van der Waals surface area contributed by atoms with Gasteiger partial charge in [-0.25, -0.2) is 4.39 Å². The molecule has 0 aromatic heterocycles. The second kappa shape index (κ2) is 9.48. The largest absolute Gasteiger partial charge is 0.325 e. The summed E-state index contributed by atoms with van der Waals surface area (Å²) in [6, 6.07) is 10.8. The average Bonchev–Trinajstić information content (AvgIpc) is 2.63. The van der Waals surface area contributed by atoms with E-state index in [9.17, 15) is 14.0 Å². The van der Waals surface area contributed by atoms with Gasteiger partial charge in [0, 0.05) is 5.69 Å². The lowest BCUT2D eigenvalue weighted by atomic mass is 10.1. The first-order chi connectivity index (χ1) is 12.8. The number of hydrogen-bond donors (Lipinski definition) is 2. The van der Waals surface area contributed by atoms with Gasteiger partial charge < -0.3 is 10.6 Å². The zero-order chi connectivity index (χ0) is 20.0. The third-order valence-electron chi connectivity index (χ3n) is 4.29. The predicted molar refractivity (Wildman–Crippen MR) is 107 cm³/mol. The molecule has 0 unspecified atom stereocenters.